The number of primary amides is 1. The lowest BCUT2D eigenvalue weighted by atomic mass is 10.0. The molecule has 1 amide bonds. The molecule has 4 rings (SSSR count). The second-order valence-electron chi connectivity index (χ2n) is 6.78. The number of nitrogens with two attached hydrogens (primary N) is 1. The van der Waals surface area contributed by atoms with E-state index in [1.165, 1.54) is 7.11 Å². The molecular formula is C21H21N3O4. The second kappa shape index (κ2) is 7.44. The van der Waals surface area contributed by atoms with Gasteiger partial charge >= 0.3 is 5.97 Å². The molecule has 144 valence electrons. The first kappa shape index (κ1) is 18.2. The lowest BCUT2D eigenvalue weighted by Gasteiger charge is -2.23. The molecule has 7 heteroatoms. The number of carbonyl (C=O) groups excluding carboxylic acids is 2. The van der Waals surface area contributed by atoms with E-state index in [1.54, 1.807) is 30.3 Å². The summed E-state index contributed by atoms with van der Waals surface area (Å²) in [5, 5.41) is 5.58. The summed E-state index contributed by atoms with van der Waals surface area (Å²) in [6.45, 7) is 0.693. The number of carbonyl (C=O) groups is 2. The number of ether oxygens (including phenoxy) is 2. The highest BCUT2D eigenvalue weighted by atomic mass is 16.5. The number of esters is 1. The van der Waals surface area contributed by atoms with Gasteiger partial charge in [-0.05, 0) is 49.6 Å². The second-order valence-corrected chi connectivity index (χ2v) is 6.78. The molecule has 2 aromatic carbocycles. The molecule has 1 atom stereocenters. The van der Waals surface area contributed by atoms with E-state index >= 15 is 0 Å². The van der Waals surface area contributed by atoms with Gasteiger partial charge in [0.1, 0.15) is 5.69 Å². The highest BCUT2D eigenvalue weighted by Crippen LogP contribution is 2.33. The smallest absolute Gasteiger partial charge is 0.337 e. The van der Waals surface area contributed by atoms with Crippen molar-refractivity contribution < 1.29 is 19.1 Å². The Balaban J connectivity index is 1.90. The van der Waals surface area contributed by atoms with Gasteiger partial charge in [0.05, 0.1) is 18.2 Å². The zero-order chi connectivity index (χ0) is 19.7. The van der Waals surface area contributed by atoms with E-state index in [0.29, 0.717) is 23.4 Å². The first-order chi connectivity index (χ1) is 13.6. The van der Waals surface area contributed by atoms with Crippen LogP contribution in [0.25, 0.3) is 22.2 Å². The van der Waals surface area contributed by atoms with Crippen LogP contribution in [0.5, 0.6) is 0 Å². The van der Waals surface area contributed by atoms with Crippen LogP contribution in [0.15, 0.2) is 42.5 Å². The Labute approximate surface area is 162 Å². The van der Waals surface area contributed by atoms with Crippen LogP contribution in [0, 0.1) is 0 Å². The molecule has 1 aliphatic heterocycles. The number of amides is 1. The third-order valence-electron chi connectivity index (χ3n) is 4.98. The van der Waals surface area contributed by atoms with Crippen molar-refractivity contribution in [3.05, 3.63) is 53.6 Å². The lowest BCUT2D eigenvalue weighted by Crippen LogP contribution is -2.19. The van der Waals surface area contributed by atoms with Crippen molar-refractivity contribution >= 4 is 22.8 Å². The van der Waals surface area contributed by atoms with Crippen molar-refractivity contribution in [2.45, 2.75) is 25.5 Å². The summed E-state index contributed by atoms with van der Waals surface area (Å²) in [6.07, 6.45) is 2.82. The average molecular weight is 379 g/mol. The number of aromatic nitrogens is 2. The maximum atomic E-state index is 11.9. The van der Waals surface area contributed by atoms with Gasteiger partial charge in [0.25, 0.3) is 0 Å². The molecule has 7 nitrogen and oxygen atoms in total. The first-order valence-electron chi connectivity index (χ1n) is 9.21. The quantitative estimate of drug-likeness (QED) is 0.702. The summed E-state index contributed by atoms with van der Waals surface area (Å²) < 4.78 is 12.6. The molecular weight excluding hydrogens is 358 g/mol. The van der Waals surface area contributed by atoms with E-state index in [0.717, 1.165) is 35.7 Å². The highest BCUT2D eigenvalue weighted by molar-refractivity contribution is 6.01. The zero-order valence-electron chi connectivity index (χ0n) is 15.6. The van der Waals surface area contributed by atoms with Crippen molar-refractivity contribution in [3.63, 3.8) is 0 Å². The minimum Gasteiger partial charge on any atom is -0.465 e. The normalized spacial score (nSPS) is 16.8. The summed E-state index contributed by atoms with van der Waals surface area (Å²) in [6, 6.07) is 12.3. The number of fused-ring (bicyclic) bond motifs is 1. The number of nitrogens with zero attached hydrogens (tertiary/aromatic N) is 2. The Hall–Kier alpha value is -3.19. The number of rotatable bonds is 4. The highest BCUT2D eigenvalue weighted by Gasteiger charge is 2.22. The zero-order valence-corrected chi connectivity index (χ0v) is 15.6. The van der Waals surface area contributed by atoms with Crippen LogP contribution in [0.4, 0.5) is 0 Å². The molecule has 1 unspecified atom stereocenters. The predicted octanol–water partition coefficient (Wildman–Crippen LogP) is 3.29. The Morgan fingerprint density at radius 3 is 2.75 bits per heavy atom. The summed E-state index contributed by atoms with van der Waals surface area (Å²) in [5.41, 5.74) is 8.59. The topological polar surface area (TPSA) is 96.4 Å². The Kier molecular flexibility index (Phi) is 4.83. The van der Waals surface area contributed by atoms with Crippen molar-refractivity contribution in [3.8, 4) is 11.3 Å². The Morgan fingerprint density at radius 2 is 2.04 bits per heavy atom. The molecule has 28 heavy (non-hydrogen) atoms. The van der Waals surface area contributed by atoms with Gasteiger partial charge in [-0.1, -0.05) is 12.1 Å². The molecule has 0 spiro atoms. The van der Waals surface area contributed by atoms with Gasteiger partial charge in [-0.25, -0.2) is 9.48 Å². The van der Waals surface area contributed by atoms with Gasteiger partial charge in [0.15, 0.2) is 6.23 Å². The minimum atomic E-state index is -0.502. The van der Waals surface area contributed by atoms with Crippen molar-refractivity contribution in [2.75, 3.05) is 13.7 Å². The van der Waals surface area contributed by atoms with E-state index in [4.69, 9.17) is 20.3 Å². The molecule has 3 aromatic rings. The third kappa shape index (κ3) is 3.25. The van der Waals surface area contributed by atoms with Crippen molar-refractivity contribution in [1.29, 1.82) is 0 Å². The molecule has 0 aliphatic carbocycles. The van der Waals surface area contributed by atoms with Crippen LogP contribution >= 0.6 is 0 Å². The van der Waals surface area contributed by atoms with Gasteiger partial charge < -0.3 is 15.2 Å². The van der Waals surface area contributed by atoms with E-state index in [2.05, 4.69) is 0 Å². The molecule has 1 aromatic heterocycles. The molecule has 1 aliphatic rings. The summed E-state index contributed by atoms with van der Waals surface area (Å²) >= 11 is 0. The van der Waals surface area contributed by atoms with Crippen LogP contribution in [0.1, 0.15) is 46.2 Å². The maximum absolute atomic E-state index is 11.9. The molecule has 1 fully saturated rings. The van der Waals surface area contributed by atoms with Crippen LogP contribution in [0.3, 0.4) is 0 Å². The molecule has 0 bridgehead atoms. The van der Waals surface area contributed by atoms with E-state index in [-0.39, 0.29) is 6.23 Å². The SMILES string of the molecule is COC(=O)c1cccc(-c2nn(C3CCCCO3)c3ccc(C(N)=O)cc23)c1. The number of methoxy groups -OCH3 is 1. The van der Waals surface area contributed by atoms with Gasteiger partial charge in [-0.3, -0.25) is 4.79 Å². The fraction of sp³-hybridized carbons (Fsp3) is 0.286. The van der Waals surface area contributed by atoms with Gasteiger partial charge in [-0.2, -0.15) is 5.10 Å². The lowest BCUT2D eigenvalue weighted by molar-refractivity contribution is -0.0365. The Bertz CT molecular complexity index is 1050. The van der Waals surface area contributed by atoms with Crippen LogP contribution in [-0.4, -0.2) is 35.4 Å². The van der Waals surface area contributed by atoms with E-state index in [1.807, 2.05) is 16.8 Å². The summed E-state index contributed by atoms with van der Waals surface area (Å²) in [7, 11) is 1.35. The third-order valence-corrected chi connectivity index (χ3v) is 4.98. The van der Waals surface area contributed by atoms with E-state index in [9.17, 15) is 9.59 Å². The summed E-state index contributed by atoms with van der Waals surface area (Å²) in [5.74, 6) is -0.920. The predicted molar refractivity (Wildman–Crippen MR) is 104 cm³/mol. The number of benzene rings is 2. The standard InChI is InChI=1S/C21H21N3O4/c1-27-21(26)15-6-4-5-13(11-15)19-16-12-14(20(22)25)8-9-17(16)24(23-19)18-7-2-3-10-28-18/h4-6,8-9,11-12,18H,2-3,7,10H2,1H3,(H2,22,25). The molecule has 2 N–H and O–H groups in total. The minimum absolute atomic E-state index is 0.159. The van der Waals surface area contributed by atoms with Gasteiger partial charge in [-0.15, -0.1) is 0 Å². The van der Waals surface area contributed by atoms with Crippen molar-refractivity contribution in [1.82, 2.24) is 9.78 Å². The largest absolute Gasteiger partial charge is 0.465 e. The molecule has 2 heterocycles. The fourth-order valence-corrected chi connectivity index (χ4v) is 3.55. The number of hydrogen-bond acceptors (Lipinski definition) is 5. The first-order valence-corrected chi connectivity index (χ1v) is 9.21. The van der Waals surface area contributed by atoms with Gasteiger partial charge in [0.2, 0.25) is 5.91 Å². The maximum Gasteiger partial charge on any atom is 0.337 e. The van der Waals surface area contributed by atoms with Crippen LogP contribution < -0.4 is 5.73 Å². The van der Waals surface area contributed by atoms with Crippen LogP contribution in [0.2, 0.25) is 0 Å². The Morgan fingerprint density at radius 1 is 1.18 bits per heavy atom. The van der Waals surface area contributed by atoms with E-state index < -0.39 is 11.9 Å². The molecule has 0 radical (unpaired) electrons. The monoisotopic (exact) mass is 379 g/mol. The average Bonchev–Trinajstić information content (AvgIpc) is 3.12. The van der Waals surface area contributed by atoms with Crippen molar-refractivity contribution in [2.24, 2.45) is 5.73 Å². The van der Waals surface area contributed by atoms with Gasteiger partial charge in [0, 0.05) is 23.1 Å². The molecule has 1 saturated heterocycles. The van der Waals surface area contributed by atoms with Crippen LogP contribution in [-0.2, 0) is 9.47 Å². The fourth-order valence-electron chi connectivity index (χ4n) is 3.55. The summed E-state index contributed by atoms with van der Waals surface area (Å²) in [4.78, 5) is 23.6. The number of hydrogen-bond donors (Lipinski definition) is 1. The molecule has 0 saturated carbocycles.